The lowest BCUT2D eigenvalue weighted by molar-refractivity contribution is -0.138. The first-order chi connectivity index (χ1) is 8.65. The first kappa shape index (κ1) is 15.1. The van der Waals surface area contributed by atoms with Gasteiger partial charge in [0.2, 0.25) is 0 Å². The lowest BCUT2D eigenvalue weighted by Crippen LogP contribution is -2.15. The predicted octanol–water partition coefficient (Wildman–Crippen LogP) is 2.72. The van der Waals surface area contributed by atoms with Gasteiger partial charge >= 0.3 is 5.97 Å². The van der Waals surface area contributed by atoms with E-state index in [-0.39, 0.29) is 0 Å². The van der Waals surface area contributed by atoms with Crippen LogP contribution in [0.1, 0.15) is 30.4 Å². The molecular formula is C14H21NO2S. The third-order valence-electron chi connectivity index (χ3n) is 2.88. The van der Waals surface area contributed by atoms with Gasteiger partial charge in [-0.2, -0.15) is 11.8 Å². The molecule has 0 aliphatic rings. The number of benzene rings is 1. The van der Waals surface area contributed by atoms with E-state index in [4.69, 9.17) is 5.11 Å². The van der Waals surface area contributed by atoms with Crippen LogP contribution in [0.15, 0.2) is 24.3 Å². The quantitative estimate of drug-likeness (QED) is 0.711. The normalized spacial score (nSPS) is 12.3. The van der Waals surface area contributed by atoms with E-state index in [1.165, 1.54) is 17.7 Å². The molecule has 3 nitrogen and oxygen atoms in total. The molecule has 0 saturated carbocycles. The summed E-state index contributed by atoms with van der Waals surface area (Å²) in [6, 6.07) is 7.79. The average molecular weight is 267 g/mol. The maximum atomic E-state index is 10.8. The molecule has 0 aliphatic heterocycles. The van der Waals surface area contributed by atoms with Crippen molar-refractivity contribution in [3.63, 3.8) is 0 Å². The molecule has 0 bridgehead atoms. The molecule has 1 unspecified atom stereocenters. The molecule has 0 aromatic heterocycles. The number of rotatable bonds is 8. The molecule has 0 amide bonds. The van der Waals surface area contributed by atoms with Gasteiger partial charge < -0.3 is 10.4 Å². The number of hydrogen-bond acceptors (Lipinski definition) is 3. The van der Waals surface area contributed by atoms with Crippen molar-refractivity contribution in [1.29, 1.82) is 0 Å². The summed E-state index contributed by atoms with van der Waals surface area (Å²) in [5, 5.41) is 12.3. The van der Waals surface area contributed by atoms with Crippen LogP contribution in [-0.4, -0.2) is 29.6 Å². The van der Waals surface area contributed by atoms with E-state index in [9.17, 15) is 4.79 Å². The Morgan fingerprint density at radius 2 is 2.06 bits per heavy atom. The first-order valence-corrected chi connectivity index (χ1v) is 7.56. The highest BCUT2D eigenvalue weighted by Gasteiger charge is 2.12. The van der Waals surface area contributed by atoms with Gasteiger partial charge in [-0.1, -0.05) is 24.3 Å². The van der Waals surface area contributed by atoms with E-state index in [1.54, 1.807) is 6.92 Å². The van der Waals surface area contributed by atoms with Crippen LogP contribution < -0.4 is 5.32 Å². The van der Waals surface area contributed by atoms with Gasteiger partial charge in [-0.3, -0.25) is 4.79 Å². The molecule has 4 heteroatoms. The van der Waals surface area contributed by atoms with Crippen LogP contribution in [-0.2, 0) is 11.3 Å². The van der Waals surface area contributed by atoms with Gasteiger partial charge in [-0.25, -0.2) is 0 Å². The number of carbonyl (C=O) groups is 1. The number of nitrogens with one attached hydrogen (secondary N) is 1. The van der Waals surface area contributed by atoms with Crippen LogP contribution in [0.3, 0.4) is 0 Å². The van der Waals surface area contributed by atoms with Gasteiger partial charge in [-0.15, -0.1) is 0 Å². The highest BCUT2D eigenvalue weighted by Crippen LogP contribution is 2.15. The lowest BCUT2D eigenvalue weighted by atomic mass is 10.0. The van der Waals surface area contributed by atoms with Crippen molar-refractivity contribution in [1.82, 2.24) is 5.32 Å². The second-order valence-electron chi connectivity index (χ2n) is 4.32. The van der Waals surface area contributed by atoms with Crippen molar-refractivity contribution in [2.24, 2.45) is 0 Å². The molecule has 0 aliphatic carbocycles. The van der Waals surface area contributed by atoms with Crippen molar-refractivity contribution in [3.8, 4) is 0 Å². The van der Waals surface area contributed by atoms with Crippen LogP contribution in [0.2, 0.25) is 0 Å². The second kappa shape index (κ2) is 8.16. The SMILES string of the molecule is CSCCCNCc1ccc(C(C)C(=O)O)cc1. The van der Waals surface area contributed by atoms with Crippen molar-refractivity contribution in [2.45, 2.75) is 25.8 Å². The van der Waals surface area contributed by atoms with E-state index < -0.39 is 11.9 Å². The Hall–Kier alpha value is -1.00. The molecule has 100 valence electrons. The van der Waals surface area contributed by atoms with Crippen LogP contribution >= 0.6 is 11.8 Å². The third-order valence-corrected chi connectivity index (χ3v) is 3.58. The number of aliphatic carboxylic acids is 1. The molecule has 0 spiro atoms. The monoisotopic (exact) mass is 267 g/mol. The molecule has 1 atom stereocenters. The molecule has 0 fully saturated rings. The fourth-order valence-electron chi connectivity index (χ4n) is 1.64. The maximum absolute atomic E-state index is 10.8. The summed E-state index contributed by atoms with van der Waals surface area (Å²) in [5.74, 6) is -0.0336. The fraction of sp³-hybridized carbons (Fsp3) is 0.500. The first-order valence-electron chi connectivity index (χ1n) is 6.16. The number of thioether (sulfide) groups is 1. The summed E-state index contributed by atoms with van der Waals surface area (Å²) in [4.78, 5) is 10.8. The summed E-state index contributed by atoms with van der Waals surface area (Å²) >= 11 is 1.86. The Kier molecular flexibility index (Phi) is 6.83. The summed E-state index contributed by atoms with van der Waals surface area (Å²) in [7, 11) is 0. The van der Waals surface area contributed by atoms with E-state index in [0.717, 1.165) is 18.7 Å². The van der Waals surface area contributed by atoms with E-state index >= 15 is 0 Å². The smallest absolute Gasteiger partial charge is 0.310 e. The Labute approximate surface area is 113 Å². The van der Waals surface area contributed by atoms with Crippen molar-refractivity contribution in [2.75, 3.05) is 18.6 Å². The maximum Gasteiger partial charge on any atom is 0.310 e. The zero-order chi connectivity index (χ0) is 13.4. The molecule has 1 aromatic rings. The van der Waals surface area contributed by atoms with E-state index in [0.29, 0.717) is 0 Å². The average Bonchev–Trinajstić information content (AvgIpc) is 2.38. The van der Waals surface area contributed by atoms with Gasteiger partial charge in [0, 0.05) is 6.54 Å². The molecule has 2 N–H and O–H groups in total. The van der Waals surface area contributed by atoms with Crippen molar-refractivity contribution in [3.05, 3.63) is 35.4 Å². The van der Waals surface area contributed by atoms with Crippen molar-refractivity contribution >= 4 is 17.7 Å². The molecular weight excluding hydrogens is 246 g/mol. The number of carboxylic acid groups (broad SMARTS) is 1. The summed E-state index contributed by atoms with van der Waals surface area (Å²) in [6.45, 7) is 3.57. The summed E-state index contributed by atoms with van der Waals surface area (Å²) in [6.07, 6.45) is 3.29. The van der Waals surface area contributed by atoms with Gasteiger partial charge in [0.1, 0.15) is 0 Å². The minimum atomic E-state index is -0.780. The van der Waals surface area contributed by atoms with Crippen LogP contribution in [0.4, 0.5) is 0 Å². The Balaban J connectivity index is 2.38. The van der Waals surface area contributed by atoms with Gasteiger partial charge in [0.15, 0.2) is 0 Å². The zero-order valence-corrected chi connectivity index (χ0v) is 11.8. The largest absolute Gasteiger partial charge is 0.481 e. The topological polar surface area (TPSA) is 49.3 Å². The molecule has 0 saturated heterocycles. The van der Waals surface area contributed by atoms with Crippen LogP contribution in [0.25, 0.3) is 0 Å². The van der Waals surface area contributed by atoms with E-state index in [1.807, 2.05) is 36.0 Å². The highest BCUT2D eigenvalue weighted by molar-refractivity contribution is 7.98. The Morgan fingerprint density at radius 3 is 2.61 bits per heavy atom. The standard InChI is InChI=1S/C14H21NO2S/c1-11(14(16)17)13-6-4-12(5-7-13)10-15-8-3-9-18-2/h4-7,11,15H,3,8-10H2,1-2H3,(H,16,17). The van der Waals surface area contributed by atoms with Gasteiger partial charge in [0.25, 0.3) is 0 Å². The molecule has 0 radical (unpaired) electrons. The number of carboxylic acids is 1. The van der Waals surface area contributed by atoms with Gasteiger partial charge in [0.05, 0.1) is 5.92 Å². The predicted molar refractivity (Wildman–Crippen MR) is 77.2 cm³/mol. The molecule has 0 heterocycles. The van der Waals surface area contributed by atoms with E-state index in [2.05, 4.69) is 11.6 Å². The van der Waals surface area contributed by atoms with Gasteiger partial charge in [-0.05, 0) is 43.0 Å². The Bertz CT molecular complexity index is 365. The minimum Gasteiger partial charge on any atom is -0.481 e. The fourth-order valence-corrected chi connectivity index (χ4v) is 2.07. The lowest BCUT2D eigenvalue weighted by Gasteiger charge is -2.08. The molecule has 1 aromatic carbocycles. The second-order valence-corrected chi connectivity index (χ2v) is 5.31. The minimum absolute atomic E-state index is 0.436. The summed E-state index contributed by atoms with van der Waals surface area (Å²) in [5.41, 5.74) is 2.05. The zero-order valence-electron chi connectivity index (χ0n) is 11.0. The highest BCUT2D eigenvalue weighted by atomic mass is 32.2. The van der Waals surface area contributed by atoms with Crippen LogP contribution in [0, 0.1) is 0 Å². The third kappa shape index (κ3) is 5.10. The molecule has 18 heavy (non-hydrogen) atoms. The Morgan fingerprint density at radius 1 is 1.39 bits per heavy atom. The van der Waals surface area contributed by atoms with Crippen LogP contribution in [0.5, 0.6) is 0 Å². The van der Waals surface area contributed by atoms with Crippen molar-refractivity contribution < 1.29 is 9.90 Å². The number of hydrogen-bond donors (Lipinski definition) is 2. The summed E-state index contributed by atoms with van der Waals surface area (Å²) < 4.78 is 0. The molecule has 1 rings (SSSR count).